The molecule has 13 heavy (non-hydrogen) atoms. The van der Waals surface area contributed by atoms with Gasteiger partial charge in [-0.1, -0.05) is 5.21 Å². The van der Waals surface area contributed by atoms with Crippen LogP contribution in [0.5, 0.6) is 0 Å². The fraction of sp³-hybridized carbons (Fsp3) is 0.750. The van der Waals surface area contributed by atoms with E-state index in [1.807, 2.05) is 7.05 Å². The Labute approximate surface area is 77.1 Å². The van der Waals surface area contributed by atoms with Gasteiger partial charge >= 0.3 is 0 Å². The van der Waals surface area contributed by atoms with Crippen molar-refractivity contribution in [1.82, 2.24) is 20.3 Å². The highest BCUT2D eigenvalue weighted by Gasteiger charge is 2.14. The van der Waals surface area contributed by atoms with Gasteiger partial charge in [0.15, 0.2) is 0 Å². The van der Waals surface area contributed by atoms with Crippen molar-refractivity contribution < 1.29 is 4.74 Å². The third-order valence-corrected chi connectivity index (χ3v) is 2.31. The molecule has 1 aliphatic heterocycles. The van der Waals surface area contributed by atoms with E-state index < -0.39 is 0 Å². The first-order chi connectivity index (χ1) is 6.36. The van der Waals surface area contributed by atoms with Gasteiger partial charge in [0.05, 0.1) is 18.5 Å². The molecular weight excluding hydrogens is 168 g/mol. The molecule has 1 atom stereocenters. The highest BCUT2D eigenvalue weighted by Crippen LogP contribution is 2.04. The zero-order valence-electron chi connectivity index (χ0n) is 7.73. The van der Waals surface area contributed by atoms with E-state index in [1.54, 1.807) is 10.9 Å². The van der Waals surface area contributed by atoms with Gasteiger partial charge in [0.1, 0.15) is 0 Å². The summed E-state index contributed by atoms with van der Waals surface area (Å²) in [7, 11) is 1.90. The van der Waals surface area contributed by atoms with Crippen LogP contribution in [0.2, 0.25) is 0 Å². The van der Waals surface area contributed by atoms with Crippen molar-refractivity contribution in [3.8, 4) is 0 Å². The molecule has 5 nitrogen and oxygen atoms in total. The Bertz CT molecular complexity index is 267. The summed E-state index contributed by atoms with van der Waals surface area (Å²) in [6.07, 6.45) is 2.88. The minimum absolute atomic E-state index is 0.495. The van der Waals surface area contributed by atoms with E-state index >= 15 is 0 Å². The van der Waals surface area contributed by atoms with E-state index in [9.17, 15) is 0 Å². The lowest BCUT2D eigenvalue weighted by Gasteiger charge is -2.09. The zero-order chi connectivity index (χ0) is 9.10. The van der Waals surface area contributed by atoms with Gasteiger partial charge in [-0.3, -0.25) is 4.68 Å². The quantitative estimate of drug-likeness (QED) is 0.697. The summed E-state index contributed by atoms with van der Waals surface area (Å²) >= 11 is 0. The van der Waals surface area contributed by atoms with Crippen molar-refractivity contribution in [1.29, 1.82) is 0 Å². The largest absolute Gasteiger partial charge is 0.380 e. The van der Waals surface area contributed by atoms with Crippen LogP contribution in [0.4, 0.5) is 0 Å². The van der Waals surface area contributed by atoms with Crippen LogP contribution in [0.25, 0.3) is 0 Å². The van der Waals surface area contributed by atoms with Gasteiger partial charge in [0, 0.05) is 26.2 Å². The molecule has 1 aromatic rings. The van der Waals surface area contributed by atoms with Gasteiger partial charge < -0.3 is 10.1 Å². The summed E-state index contributed by atoms with van der Waals surface area (Å²) in [6, 6.07) is 0.495. The second-order valence-corrected chi connectivity index (χ2v) is 3.29. The fourth-order valence-corrected chi connectivity index (χ4v) is 1.42. The summed E-state index contributed by atoms with van der Waals surface area (Å²) in [5, 5.41) is 11.1. The van der Waals surface area contributed by atoms with Crippen molar-refractivity contribution >= 4 is 0 Å². The van der Waals surface area contributed by atoms with Crippen LogP contribution in [-0.4, -0.2) is 34.2 Å². The predicted octanol–water partition coefficient (Wildman–Crippen LogP) is -0.306. The van der Waals surface area contributed by atoms with Crippen molar-refractivity contribution in [3.63, 3.8) is 0 Å². The zero-order valence-corrected chi connectivity index (χ0v) is 7.73. The Morgan fingerprint density at radius 3 is 3.31 bits per heavy atom. The van der Waals surface area contributed by atoms with Crippen LogP contribution in [0, 0.1) is 0 Å². The number of aromatic nitrogens is 3. The lowest BCUT2D eigenvalue weighted by Crippen LogP contribution is -2.29. The molecule has 72 valence electrons. The van der Waals surface area contributed by atoms with Gasteiger partial charge in [0.2, 0.25) is 0 Å². The Balaban J connectivity index is 1.82. The minimum Gasteiger partial charge on any atom is -0.380 e. The van der Waals surface area contributed by atoms with E-state index in [4.69, 9.17) is 4.74 Å². The Morgan fingerprint density at radius 2 is 2.69 bits per heavy atom. The highest BCUT2D eigenvalue weighted by molar-refractivity contribution is 4.93. The average molecular weight is 182 g/mol. The first-order valence-corrected chi connectivity index (χ1v) is 4.51. The van der Waals surface area contributed by atoms with E-state index in [-0.39, 0.29) is 0 Å². The van der Waals surface area contributed by atoms with Crippen molar-refractivity contribution in [2.45, 2.75) is 19.0 Å². The smallest absolute Gasteiger partial charge is 0.0738 e. The van der Waals surface area contributed by atoms with E-state index in [0.29, 0.717) is 6.04 Å². The van der Waals surface area contributed by atoms with E-state index in [1.165, 1.54) is 0 Å². The molecule has 2 rings (SSSR count). The molecule has 0 aliphatic carbocycles. The number of nitrogens with one attached hydrogen (secondary N) is 1. The molecular formula is C8H14N4O. The number of hydrogen-bond acceptors (Lipinski definition) is 4. The standard InChI is InChI=1S/C8H14N4O/c1-12-8(5-10-11-12)4-9-7-2-3-13-6-7/h5,7,9H,2-4,6H2,1H3. The van der Waals surface area contributed by atoms with E-state index in [2.05, 4.69) is 15.6 Å². The van der Waals surface area contributed by atoms with Crippen LogP contribution in [0.1, 0.15) is 12.1 Å². The van der Waals surface area contributed by atoms with Crippen LogP contribution < -0.4 is 5.32 Å². The summed E-state index contributed by atoms with van der Waals surface area (Å²) in [4.78, 5) is 0. The molecule has 0 radical (unpaired) electrons. The molecule has 0 amide bonds. The van der Waals surface area contributed by atoms with Crippen LogP contribution >= 0.6 is 0 Å². The molecule has 5 heteroatoms. The average Bonchev–Trinajstić information content (AvgIpc) is 2.72. The lowest BCUT2D eigenvalue weighted by molar-refractivity contribution is 0.189. The first kappa shape index (κ1) is 8.65. The molecule has 1 unspecified atom stereocenters. The van der Waals surface area contributed by atoms with Crippen molar-refractivity contribution in [2.24, 2.45) is 7.05 Å². The maximum Gasteiger partial charge on any atom is 0.0738 e. The molecule has 0 bridgehead atoms. The molecule has 1 aliphatic rings. The summed E-state index contributed by atoms with van der Waals surface area (Å²) in [5.41, 5.74) is 1.10. The maximum atomic E-state index is 5.26. The Kier molecular flexibility index (Phi) is 2.56. The third kappa shape index (κ3) is 2.05. The number of aryl methyl sites for hydroxylation is 1. The summed E-state index contributed by atoms with van der Waals surface area (Å²) in [6.45, 7) is 2.52. The molecule has 0 spiro atoms. The van der Waals surface area contributed by atoms with Gasteiger partial charge in [-0.05, 0) is 6.42 Å². The number of rotatable bonds is 3. The van der Waals surface area contributed by atoms with Crippen LogP contribution in [-0.2, 0) is 18.3 Å². The van der Waals surface area contributed by atoms with Crippen molar-refractivity contribution in [2.75, 3.05) is 13.2 Å². The second-order valence-electron chi connectivity index (χ2n) is 3.29. The highest BCUT2D eigenvalue weighted by atomic mass is 16.5. The lowest BCUT2D eigenvalue weighted by atomic mass is 10.2. The Morgan fingerprint density at radius 1 is 1.77 bits per heavy atom. The number of ether oxygens (including phenoxy) is 1. The van der Waals surface area contributed by atoms with Gasteiger partial charge in [0.25, 0.3) is 0 Å². The fourth-order valence-electron chi connectivity index (χ4n) is 1.42. The molecule has 1 aromatic heterocycles. The maximum absolute atomic E-state index is 5.26. The number of nitrogens with zero attached hydrogens (tertiary/aromatic N) is 3. The molecule has 0 aromatic carbocycles. The third-order valence-electron chi connectivity index (χ3n) is 2.31. The normalized spacial score (nSPS) is 22.4. The molecule has 0 saturated carbocycles. The predicted molar refractivity (Wildman–Crippen MR) is 47.1 cm³/mol. The Hall–Kier alpha value is -0.940. The molecule has 2 heterocycles. The molecule has 1 saturated heterocycles. The molecule has 1 N–H and O–H groups in total. The summed E-state index contributed by atoms with van der Waals surface area (Å²) < 4.78 is 7.04. The summed E-state index contributed by atoms with van der Waals surface area (Å²) in [5.74, 6) is 0. The SMILES string of the molecule is Cn1nncc1CNC1CCOC1. The first-order valence-electron chi connectivity index (χ1n) is 4.51. The minimum atomic E-state index is 0.495. The van der Waals surface area contributed by atoms with Gasteiger partial charge in [-0.15, -0.1) is 5.10 Å². The van der Waals surface area contributed by atoms with Crippen molar-refractivity contribution in [3.05, 3.63) is 11.9 Å². The second kappa shape index (κ2) is 3.85. The van der Waals surface area contributed by atoms with E-state index in [0.717, 1.165) is 31.9 Å². The number of hydrogen-bond donors (Lipinski definition) is 1. The van der Waals surface area contributed by atoms with Gasteiger partial charge in [-0.25, -0.2) is 0 Å². The van der Waals surface area contributed by atoms with Crippen LogP contribution in [0.15, 0.2) is 6.20 Å². The van der Waals surface area contributed by atoms with Gasteiger partial charge in [-0.2, -0.15) is 0 Å². The van der Waals surface area contributed by atoms with Crippen LogP contribution in [0.3, 0.4) is 0 Å². The molecule has 1 fully saturated rings. The topological polar surface area (TPSA) is 52.0 Å². The monoisotopic (exact) mass is 182 g/mol.